The van der Waals surface area contributed by atoms with Gasteiger partial charge in [0.25, 0.3) is 0 Å². The van der Waals surface area contributed by atoms with E-state index in [4.69, 9.17) is 23.2 Å². The third-order valence-electron chi connectivity index (χ3n) is 2.77. The first kappa shape index (κ1) is 15.5. The van der Waals surface area contributed by atoms with Crippen LogP contribution in [0.2, 0.25) is 10.0 Å². The van der Waals surface area contributed by atoms with Crippen molar-refractivity contribution >= 4 is 44.9 Å². The first-order valence-corrected chi connectivity index (χ1v) is 7.77. The zero-order chi connectivity index (χ0) is 14.7. The van der Waals surface area contributed by atoms with E-state index in [1.165, 1.54) is 0 Å². The highest BCUT2D eigenvalue weighted by Gasteiger charge is 2.11. The van der Waals surface area contributed by atoms with Crippen LogP contribution in [0.5, 0.6) is 0 Å². The number of halogens is 3. The zero-order valence-corrected chi connectivity index (χ0v) is 14.3. The average molecular weight is 375 g/mol. The summed E-state index contributed by atoms with van der Waals surface area (Å²) in [6, 6.07) is 5.45. The number of nitrogens with zero attached hydrogens (tertiary/aromatic N) is 2. The summed E-state index contributed by atoms with van der Waals surface area (Å²) in [5.74, 6) is 1.53. The van der Waals surface area contributed by atoms with Crippen LogP contribution in [0.3, 0.4) is 0 Å². The second-order valence-corrected chi connectivity index (χ2v) is 5.97. The van der Waals surface area contributed by atoms with Gasteiger partial charge in [0.15, 0.2) is 0 Å². The van der Waals surface area contributed by atoms with Gasteiger partial charge in [0.05, 0.1) is 10.2 Å². The maximum atomic E-state index is 6.19. The topological polar surface area (TPSA) is 37.8 Å². The van der Waals surface area contributed by atoms with Crippen LogP contribution in [-0.2, 0) is 6.42 Å². The molecule has 0 amide bonds. The summed E-state index contributed by atoms with van der Waals surface area (Å²) in [5.41, 5.74) is 1.86. The molecule has 0 saturated carbocycles. The van der Waals surface area contributed by atoms with Gasteiger partial charge in [-0.1, -0.05) is 29.3 Å². The number of aryl methyl sites for hydroxylation is 1. The van der Waals surface area contributed by atoms with E-state index in [-0.39, 0.29) is 0 Å². The fraction of sp³-hybridized carbons (Fsp3) is 0.286. The van der Waals surface area contributed by atoms with Crippen LogP contribution < -0.4 is 5.32 Å². The molecule has 1 N–H and O–H groups in total. The van der Waals surface area contributed by atoms with E-state index in [1.54, 1.807) is 6.07 Å². The Kier molecular flexibility index (Phi) is 5.24. The van der Waals surface area contributed by atoms with Crippen LogP contribution in [-0.4, -0.2) is 16.5 Å². The van der Waals surface area contributed by atoms with E-state index in [9.17, 15) is 0 Å². The number of hydrogen-bond acceptors (Lipinski definition) is 3. The number of hydrogen-bond donors (Lipinski definition) is 1. The Balaban J connectivity index is 2.33. The molecule has 106 valence electrons. The molecular weight excluding hydrogens is 361 g/mol. The van der Waals surface area contributed by atoms with Crippen LogP contribution in [0.1, 0.15) is 24.0 Å². The molecule has 0 aliphatic heterocycles. The van der Waals surface area contributed by atoms with Crippen LogP contribution in [0.25, 0.3) is 0 Å². The zero-order valence-electron chi connectivity index (χ0n) is 11.2. The first-order chi connectivity index (χ1) is 9.51. The molecule has 1 aromatic heterocycles. The molecule has 0 saturated heterocycles. The monoisotopic (exact) mass is 373 g/mol. The highest BCUT2D eigenvalue weighted by Crippen LogP contribution is 2.26. The molecule has 0 unspecified atom stereocenters. The normalized spacial score (nSPS) is 10.7. The fourth-order valence-corrected chi connectivity index (χ4v) is 2.61. The number of benzene rings is 1. The van der Waals surface area contributed by atoms with Crippen molar-refractivity contribution in [2.75, 3.05) is 11.9 Å². The number of rotatable bonds is 4. The molecule has 1 aromatic carbocycles. The number of nitrogens with one attached hydrogen (secondary N) is 1. The van der Waals surface area contributed by atoms with Crippen LogP contribution in [0.15, 0.2) is 22.7 Å². The molecule has 0 spiro atoms. The number of anilines is 1. The largest absolute Gasteiger partial charge is 0.369 e. The summed E-state index contributed by atoms with van der Waals surface area (Å²) in [6.45, 7) is 4.77. The van der Waals surface area contributed by atoms with Crippen molar-refractivity contribution < 1.29 is 0 Å². The molecule has 0 atom stereocenters. The maximum Gasteiger partial charge on any atom is 0.144 e. The predicted molar refractivity (Wildman–Crippen MR) is 87.9 cm³/mol. The van der Waals surface area contributed by atoms with Crippen LogP contribution >= 0.6 is 39.1 Å². The number of aromatic nitrogens is 2. The van der Waals surface area contributed by atoms with E-state index >= 15 is 0 Å². The Morgan fingerprint density at radius 2 is 2.00 bits per heavy atom. The highest BCUT2D eigenvalue weighted by atomic mass is 79.9. The Bertz CT molecular complexity index is 632. The van der Waals surface area contributed by atoms with Gasteiger partial charge in [0.2, 0.25) is 0 Å². The third-order valence-corrected chi connectivity index (χ3v) is 4.31. The van der Waals surface area contributed by atoms with E-state index in [1.807, 2.05) is 26.0 Å². The maximum absolute atomic E-state index is 6.19. The van der Waals surface area contributed by atoms with Gasteiger partial charge in [0.1, 0.15) is 11.6 Å². The lowest BCUT2D eigenvalue weighted by atomic mass is 10.1. The summed E-state index contributed by atoms with van der Waals surface area (Å²) in [4.78, 5) is 9.01. The molecule has 0 bridgehead atoms. The molecule has 1 heterocycles. The third kappa shape index (κ3) is 3.62. The van der Waals surface area contributed by atoms with Gasteiger partial charge in [0, 0.05) is 23.0 Å². The van der Waals surface area contributed by atoms with E-state index in [2.05, 4.69) is 31.2 Å². The van der Waals surface area contributed by atoms with Crippen molar-refractivity contribution in [3.63, 3.8) is 0 Å². The quantitative estimate of drug-likeness (QED) is 0.828. The van der Waals surface area contributed by atoms with E-state index < -0.39 is 0 Å². The molecule has 20 heavy (non-hydrogen) atoms. The van der Waals surface area contributed by atoms with Crippen molar-refractivity contribution in [1.29, 1.82) is 0 Å². The van der Waals surface area contributed by atoms with Gasteiger partial charge in [-0.05, 0) is 47.5 Å². The molecule has 0 aliphatic rings. The molecule has 0 fully saturated rings. The van der Waals surface area contributed by atoms with E-state index in [0.29, 0.717) is 16.5 Å². The first-order valence-electron chi connectivity index (χ1n) is 6.22. The lowest BCUT2D eigenvalue weighted by Crippen LogP contribution is -2.07. The molecule has 6 heteroatoms. The molecule has 2 aromatic rings. The minimum absolute atomic E-state index is 0.572. The molecule has 0 aliphatic carbocycles. The second kappa shape index (κ2) is 6.74. The smallest absolute Gasteiger partial charge is 0.144 e. The van der Waals surface area contributed by atoms with Crippen LogP contribution in [0.4, 0.5) is 5.82 Å². The van der Waals surface area contributed by atoms with E-state index in [0.717, 1.165) is 33.9 Å². The summed E-state index contributed by atoms with van der Waals surface area (Å²) in [5, 5.41) is 4.47. The van der Waals surface area contributed by atoms with Crippen molar-refractivity contribution in [2.24, 2.45) is 0 Å². The van der Waals surface area contributed by atoms with Crippen molar-refractivity contribution in [2.45, 2.75) is 20.3 Å². The van der Waals surface area contributed by atoms with Crippen molar-refractivity contribution in [3.8, 4) is 0 Å². The lowest BCUT2D eigenvalue weighted by Gasteiger charge is -2.10. The Labute approximate surface area is 136 Å². The molecule has 2 rings (SSSR count). The standard InChI is InChI=1S/C14H14BrCl2N3/c1-3-18-14-13(15)8(2)19-12(20-14)6-9-4-5-10(16)7-11(9)17/h4-5,7H,3,6H2,1-2H3,(H,18,19,20). The molecule has 3 nitrogen and oxygen atoms in total. The SMILES string of the molecule is CCNc1nc(Cc2ccc(Cl)cc2Cl)nc(C)c1Br. The van der Waals surface area contributed by atoms with Crippen LogP contribution in [0, 0.1) is 6.92 Å². The highest BCUT2D eigenvalue weighted by molar-refractivity contribution is 9.10. The minimum atomic E-state index is 0.572. The summed E-state index contributed by atoms with van der Waals surface area (Å²) < 4.78 is 0.894. The average Bonchev–Trinajstić information content (AvgIpc) is 2.39. The molecular formula is C14H14BrCl2N3. The van der Waals surface area contributed by atoms with Crippen molar-refractivity contribution in [1.82, 2.24) is 9.97 Å². The Morgan fingerprint density at radius 1 is 1.25 bits per heavy atom. The van der Waals surface area contributed by atoms with Gasteiger partial charge < -0.3 is 5.32 Å². The van der Waals surface area contributed by atoms with Gasteiger partial charge in [-0.15, -0.1) is 0 Å². The Morgan fingerprint density at radius 3 is 2.65 bits per heavy atom. The van der Waals surface area contributed by atoms with Gasteiger partial charge in [-0.2, -0.15) is 0 Å². The lowest BCUT2D eigenvalue weighted by molar-refractivity contribution is 0.930. The minimum Gasteiger partial charge on any atom is -0.369 e. The summed E-state index contributed by atoms with van der Waals surface area (Å²) in [6.07, 6.45) is 0.572. The second-order valence-electron chi connectivity index (χ2n) is 4.33. The van der Waals surface area contributed by atoms with Gasteiger partial charge in [-0.3, -0.25) is 0 Å². The summed E-state index contributed by atoms with van der Waals surface area (Å²) >= 11 is 15.6. The Hall–Kier alpha value is -0.840. The molecule has 0 radical (unpaired) electrons. The van der Waals surface area contributed by atoms with Gasteiger partial charge >= 0.3 is 0 Å². The van der Waals surface area contributed by atoms with Crippen molar-refractivity contribution in [3.05, 3.63) is 49.8 Å². The van der Waals surface area contributed by atoms with Gasteiger partial charge in [-0.25, -0.2) is 9.97 Å². The summed E-state index contributed by atoms with van der Waals surface area (Å²) in [7, 11) is 0. The fourth-order valence-electron chi connectivity index (χ4n) is 1.82. The predicted octanol–water partition coefficient (Wildman–Crippen LogP) is 4.88.